The molecule has 94 valence electrons. The number of hydrogen-bond donors (Lipinski definition) is 1. The van der Waals surface area contributed by atoms with E-state index in [4.69, 9.17) is 9.88 Å². The summed E-state index contributed by atoms with van der Waals surface area (Å²) >= 11 is 0. The second-order valence-corrected chi connectivity index (χ2v) is 5.62. The smallest absolute Gasteiger partial charge is 0.209 e. The molecule has 1 aromatic rings. The third kappa shape index (κ3) is 2.73. The van der Waals surface area contributed by atoms with Gasteiger partial charge in [-0.3, -0.25) is 0 Å². The second kappa shape index (κ2) is 4.23. The molecule has 0 spiro atoms. The Bertz CT molecular complexity index is 545. The van der Waals surface area contributed by atoms with Crippen LogP contribution in [0.1, 0.15) is 17.9 Å². The van der Waals surface area contributed by atoms with E-state index < -0.39 is 27.6 Å². The molecule has 1 heterocycles. The molecule has 1 aliphatic rings. The van der Waals surface area contributed by atoms with E-state index in [2.05, 4.69) is 0 Å². The average Bonchev–Trinajstić information content (AvgIpc) is 2.13. The molecule has 7 heteroatoms. The van der Waals surface area contributed by atoms with E-state index in [1.54, 1.807) is 0 Å². The van der Waals surface area contributed by atoms with Crippen molar-refractivity contribution in [1.29, 1.82) is 0 Å². The monoisotopic (exact) mass is 263 g/mol. The van der Waals surface area contributed by atoms with Gasteiger partial charge >= 0.3 is 0 Å². The zero-order valence-corrected chi connectivity index (χ0v) is 9.64. The summed E-state index contributed by atoms with van der Waals surface area (Å²) in [7, 11) is -3.71. The summed E-state index contributed by atoms with van der Waals surface area (Å²) < 4.78 is 53.7. The highest BCUT2D eigenvalue weighted by Gasteiger charge is 2.28. The van der Waals surface area contributed by atoms with Crippen LogP contribution in [0.4, 0.5) is 8.78 Å². The van der Waals surface area contributed by atoms with Crippen molar-refractivity contribution >= 4 is 10.0 Å². The molecule has 2 rings (SSSR count). The fourth-order valence-electron chi connectivity index (χ4n) is 1.98. The fourth-order valence-corrected chi connectivity index (χ4v) is 2.87. The van der Waals surface area contributed by atoms with Crippen LogP contribution in [0.5, 0.6) is 5.75 Å². The normalized spacial score (nSPS) is 19.6. The SMILES string of the molecule is NS(=O)(=O)CC1CCOc2cc(F)cc(F)c21. The molecule has 1 aliphatic heterocycles. The van der Waals surface area contributed by atoms with Gasteiger partial charge in [0.1, 0.15) is 17.4 Å². The molecule has 0 radical (unpaired) electrons. The van der Waals surface area contributed by atoms with Crippen molar-refractivity contribution in [3.8, 4) is 5.75 Å². The van der Waals surface area contributed by atoms with Crippen molar-refractivity contribution < 1.29 is 21.9 Å². The predicted molar refractivity (Wildman–Crippen MR) is 57.2 cm³/mol. The summed E-state index contributed by atoms with van der Waals surface area (Å²) in [5.41, 5.74) is 0.0895. The van der Waals surface area contributed by atoms with Crippen molar-refractivity contribution in [2.75, 3.05) is 12.4 Å². The highest BCUT2D eigenvalue weighted by molar-refractivity contribution is 7.89. The van der Waals surface area contributed by atoms with Crippen LogP contribution in [-0.2, 0) is 10.0 Å². The van der Waals surface area contributed by atoms with E-state index >= 15 is 0 Å². The van der Waals surface area contributed by atoms with Crippen LogP contribution in [0, 0.1) is 11.6 Å². The van der Waals surface area contributed by atoms with Gasteiger partial charge in [-0.1, -0.05) is 0 Å². The number of rotatable bonds is 2. The summed E-state index contributed by atoms with van der Waals surface area (Å²) in [4.78, 5) is 0. The fraction of sp³-hybridized carbons (Fsp3) is 0.400. The molecule has 0 saturated heterocycles. The van der Waals surface area contributed by atoms with Gasteiger partial charge in [0.05, 0.1) is 12.4 Å². The van der Waals surface area contributed by atoms with Crippen molar-refractivity contribution in [3.05, 3.63) is 29.3 Å². The molecule has 0 bridgehead atoms. The molecule has 0 aromatic heterocycles. The summed E-state index contributed by atoms with van der Waals surface area (Å²) in [6, 6.07) is 1.76. The molecule has 0 aliphatic carbocycles. The van der Waals surface area contributed by atoms with E-state index in [-0.39, 0.29) is 23.7 Å². The number of hydrogen-bond acceptors (Lipinski definition) is 3. The van der Waals surface area contributed by atoms with Gasteiger partial charge in [0.25, 0.3) is 0 Å². The van der Waals surface area contributed by atoms with Crippen LogP contribution in [0.15, 0.2) is 12.1 Å². The molecule has 0 amide bonds. The molecule has 17 heavy (non-hydrogen) atoms. The Labute approximate surface area is 97.4 Å². The number of nitrogens with two attached hydrogens (primary N) is 1. The van der Waals surface area contributed by atoms with E-state index in [0.29, 0.717) is 12.5 Å². The number of ether oxygens (including phenoxy) is 1. The Hall–Kier alpha value is -1.21. The van der Waals surface area contributed by atoms with Crippen LogP contribution in [0.25, 0.3) is 0 Å². The molecule has 1 aromatic carbocycles. The third-order valence-corrected chi connectivity index (χ3v) is 3.49. The van der Waals surface area contributed by atoms with Crippen molar-refractivity contribution in [1.82, 2.24) is 0 Å². The van der Waals surface area contributed by atoms with Gasteiger partial charge in [0.2, 0.25) is 10.0 Å². The lowest BCUT2D eigenvalue weighted by atomic mass is 9.94. The number of fused-ring (bicyclic) bond motifs is 1. The molecule has 1 atom stereocenters. The summed E-state index contributed by atoms with van der Waals surface area (Å²) in [5.74, 6) is -2.45. The van der Waals surface area contributed by atoms with Crippen LogP contribution in [0.3, 0.4) is 0 Å². The minimum absolute atomic E-state index is 0.0578. The summed E-state index contributed by atoms with van der Waals surface area (Å²) in [5, 5.41) is 4.94. The minimum atomic E-state index is -3.71. The highest BCUT2D eigenvalue weighted by Crippen LogP contribution is 2.36. The Morgan fingerprint density at radius 2 is 2.12 bits per heavy atom. The number of primary sulfonamides is 1. The number of sulfonamides is 1. The maximum Gasteiger partial charge on any atom is 0.209 e. The van der Waals surface area contributed by atoms with E-state index in [9.17, 15) is 17.2 Å². The van der Waals surface area contributed by atoms with Crippen molar-refractivity contribution in [2.45, 2.75) is 12.3 Å². The standard InChI is InChI=1S/C10H11F2NO3S/c11-7-3-8(12)10-6(5-17(13,14)15)1-2-16-9(10)4-7/h3-4,6H,1-2,5H2,(H2,13,14,15). The van der Waals surface area contributed by atoms with Gasteiger partial charge in [-0.2, -0.15) is 0 Å². The average molecular weight is 263 g/mol. The van der Waals surface area contributed by atoms with Gasteiger partial charge in [-0.15, -0.1) is 0 Å². The molecular formula is C10H11F2NO3S. The van der Waals surface area contributed by atoms with Gasteiger partial charge < -0.3 is 4.74 Å². The van der Waals surface area contributed by atoms with Gasteiger partial charge in [-0.25, -0.2) is 22.3 Å². The first-order valence-corrected chi connectivity index (χ1v) is 6.70. The zero-order valence-electron chi connectivity index (χ0n) is 8.82. The zero-order chi connectivity index (χ0) is 12.6. The van der Waals surface area contributed by atoms with Crippen LogP contribution >= 0.6 is 0 Å². The third-order valence-electron chi connectivity index (χ3n) is 2.62. The largest absolute Gasteiger partial charge is 0.493 e. The van der Waals surface area contributed by atoms with Gasteiger partial charge in [0.15, 0.2) is 0 Å². The first-order chi connectivity index (χ1) is 7.87. The quantitative estimate of drug-likeness (QED) is 0.869. The van der Waals surface area contributed by atoms with E-state index in [1.807, 2.05) is 0 Å². The predicted octanol–water partition coefficient (Wildman–Crippen LogP) is 1.12. The first-order valence-electron chi connectivity index (χ1n) is 4.99. The van der Waals surface area contributed by atoms with Crippen LogP contribution < -0.4 is 9.88 Å². The second-order valence-electron chi connectivity index (χ2n) is 3.96. The molecule has 4 nitrogen and oxygen atoms in total. The van der Waals surface area contributed by atoms with E-state index in [1.165, 1.54) is 0 Å². The molecular weight excluding hydrogens is 252 g/mol. The lowest BCUT2D eigenvalue weighted by Gasteiger charge is -2.25. The minimum Gasteiger partial charge on any atom is -0.493 e. The molecule has 1 unspecified atom stereocenters. The van der Waals surface area contributed by atoms with Gasteiger partial charge in [-0.05, 0) is 6.42 Å². The van der Waals surface area contributed by atoms with Crippen LogP contribution in [-0.4, -0.2) is 20.8 Å². The van der Waals surface area contributed by atoms with Crippen LogP contribution in [0.2, 0.25) is 0 Å². The summed E-state index contributed by atoms with van der Waals surface area (Å²) in [6.07, 6.45) is 0.339. The Kier molecular flexibility index (Phi) is 3.05. The van der Waals surface area contributed by atoms with Crippen molar-refractivity contribution in [2.24, 2.45) is 5.14 Å². The number of halogens is 2. The lowest BCUT2D eigenvalue weighted by molar-refractivity contribution is 0.266. The summed E-state index contributed by atoms with van der Waals surface area (Å²) in [6.45, 7) is 0.218. The Morgan fingerprint density at radius 1 is 1.41 bits per heavy atom. The maximum absolute atomic E-state index is 13.6. The first kappa shape index (κ1) is 12.3. The Morgan fingerprint density at radius 3 is 2.76 bits per heavy atom. The van der Waals surface area contributed by atoms with Gasteiger partial charge in [0, 0.05) is 23.6 Å². The van der Waals surface area contributed by atoms with E-state index in [0.717, 1.165) is 6.07 Å². The molecule has 0 fully saturated rings. The topological polar surface area (TPSA) is 69.4 Å². The lowest BCUT2D eigenvalue weighted by Crippen LogP contribution is -2.26. The number of benzene rings is 1. The highest BCUT2D eigenvalue weighted by atomic mass is 32.2. The molecule has 2 N–H and O–H groups in total. The Balaban J connectivity index is 2.44. The van der Waals surface area contributed by atoms with Crippen molar-refractivity contribution in [3.63, 3.8) is 0 Å². The molecule has 0 saturated carbocycles. The maximum atomic E-state index is 13.6.